The Morgan fingerprint density at radius 2 is 2.07 bits per heavy atom. The van der Waals surface area contributed by atoms with Crippen LogP contribution < -0.4 is 11.1 Å². The van der Waals surface area contributed by atoms with Crippen molar-refractivity contribution in [3.05, 3.63) is 46.6 Å². The van der Waals surface area contributed by atoms with Crippen LogP contribution in [0.5, 0.6) is 0 Å². The van der Waals surface area contributed by atoms with Crippen LogP contribution in [0, 0.1) is 0 Å². The van der Waals surface area contributed by atoms with Gasteiger partial charge in [0.1, 0.15) is 11.5 Å². The highest BCUT2D eigenvalue weighted by Gasteiger charge is 2.26. The molecule has 0 bridgehead atoms. The van der Waals surface area contributed by atoms with Gasteiger partial charge in [-0.1, -0.05) is 12.1 Å². The number of hydrogen-bond donors (Lipinski definition) is 2. The van der Waals surface area contributed by atoms with E-state index < -0.39 is 24.4 Å². The first-order chi connectivity index (χ1) is 13.5. The molecule has 0 fully saturated rings. The minimum Gasteiger partial charge on any atom is -0.454 e. The maximum Gasteiger partial charge on any atom is 0.326 e. The zero-order valence-electron chi connectivity index (χ0n) is 14.9. The van der Waals surface area contributed by atoms with Crippen molar-refractivity contribution < 1.29 is 19.1 Å². The van der Waals surface area contributed by atoms with Crippen molar-refractivity contribution in [1.82, 2.24) is 9.55 Å². The third kappa shape index (κ3) is 3.48. The molecule has 9 heteroatoms. The number of anilines is 1. The molecular weight excluding hydrogens is 380 g/mol. The Morgan fingerprint density at radius 3 is 2.89 bits per heavy atom. The number of ether oxygens (including phenoxy) is 1. The van der Waals surface area contributed by atoms with E-state index >= 15 is 0 Å². The maximum absolute atomic E-state index is 12.2. The Hall–Kier alpha value is -3.20. The average molecular weight is 398 g/mol. The van der Waals surface area contributed by atoms with Gasteiger partial charge in [-0.15, -0.1) is 11.3 Å². The average Bonchev–Trinajstić information content (AvgIpc) is 3.34. The third-order valence-corrected chi connectivity index (χ3v) is 5.82. The summed E-state index contributed by atoms with van der Waals surface area (Å²) in [4.78, 5) is 41.3. The second kappa shape index (κ2) is 7.43. The summed E-state index contributed by atoms with van der Waals surface area (Å²) in [6.07, 6.45) is 4.20. The van der Waals surface area contributed by atoms with Gasteiger partial charge in [-0.2, -0.15) is 0 Å². The summed E-state index contributed by atoms with van der Waals surface area (Å²) in [5.41, 5.74) is 8.36. The molecule has 3 N–H and O–H groups in total. The fourth-order valence-electron chi connectivity index (χ4n) is 3.38. The number of carbonyl (C=O) groups is 3. The van der Waals surface area contributed by atoms with E-state index in [0.717, 1.165) is 40.7 Å². The number of hydrogen-bond acceptors (Lipinski definition) is 6. The van der Waals surface area contributed by atoms with Crippen LogP contribution in [0.25, 0.3) is 11.0 Å². The van der Waals surface area contributed by atoms with Crippen LogP contribution >= 0.6 is 11.3 Å². The fraction of sp³-hybridized carbons (Fsp3) is 0.263. The molecule has 1 aliphatic rings. The largest absolute Gasteiger partial charge is 0.454 e. The minimum atomic E-state index is -0.557. The van der Waals surface area contributed by atoms with Gasteiger partial charge < -0.3 is 20.4 Å². The number of primary amides is 1. The lowest BCUT2D eigenvalue weighted by Gasteiger charge is -2.08. The third-order valence-electron chi connectivity index (χ3n) is 4.61. The van der Waals surface area contributed by atoms with E-state index in [1.165, 1.54) is 11.3 Å². The van der Waals surface area contributed by atoms with Crippen molar-refractivity contribution in [3.63, 3.8) is 0 Å². The highest BCUT2D eigenvalue weighted by atomic mass is 32.1. The number of carbonyl (C=O) groups excluding carboxylic acids is 3. The summed E-state index contributed by atoms with van der Waals surface area (Å²) in [7, 11) is 0. The van der Waals surface area contributed by atoms with E-state index in [0.29, 0.717) is 10.6 Å². The minimum absolute atomic E-state index is 0.0480. The zero-order chi connectivity index (χ0) is 19.7. The van der Waals surface area contributed by atoms with E-state index in [9.17, 15) is 14.4 Å². The highest BCUT2D eigenvalue weighted by molar-refractivity contribution is 7.17. The SMILES string of the molecule is NC(=O)c1c(NC(=O)COC(=O)Cn2cnc3ccccc32)sc2c1CCC2. The van der Waals surface area contributed by atoms with E-state index in [2.05, 4.69) is 10.3 Å². The lowest BCUT2D eigenvalue weighted by Crippen LogP contribution is -2.24. The van der Waals surface area contributed by atoms with Crippen LogP contribution in [0.2, 0.25) is 0 Å². The van der Waals surface area contributed by atoms with Crippen LogP contribution in [0.3, 0.4) is 0 Å². The van der Waals surface area contributed by atoms with E-state index in [1.807, 2.05) is 24.3 Å². The van der Waals surface area contributed by atoms with Gasteiger partial charge >= 0.3 is 5.97 Å². The number of benzene rings is 1. The van der Waals surface area contributed by atoms with Gasteiger partial charge in [0.15, 0.2) is 6.61 Å². The Balaban J connectivity index is 1.36. The molecular formula is C19H18N4O4S. The summed E-state index contributed by atoms with van der Waals surface area (Å²) in [6.45, 7) is -0.486. The molecule has 0 spiro atoms. The van der Waals surface area contributed by atoms with Crippen molar-refractivity contribution in [1.29, 1.82) is 0 Å². The van der Waals surface area contributed by atoms with Crippen LogP contribution in [0.1, 0.15) is 27.2 Å². The van der Waals surface area contributed by atoms with Crippen molar-refractivity contribution in [2.24, 2.45) is 5.73 Å². The van der Waals surface area contributed by atoms with Crippen molar-refractivity contribution in [2.45, 2.75) is 25.8 Å². The van der Waals surface area contributed by atoms with Gasteiger partial charge in [-0.3, -0.25) is 14.4 Å². The number of amides is 2. The molecule has 2 amide bonds. The zero-order valence-corrected chi connectivity index (χ0v) is 15.8. The molecule has 1 aromatic carbocycles. The molecule has 4 rings (SSSR count). The number of rotatable bonds is 6. The van der Waals surface area contributed by atoms with Gasteiger partial charge in [-0.05, 0) is 37.0 Å². The summed E-state index contributed by atoms with van der Waals surface area (Å²) in [5.74, 6) is -1.62. The van der Waals surface area contributed by atoms with Crippen molar-refractivity contribution >= 4 is 45.2 Å². The summed E-state index contributed by atoms with van der Waals surface area (Å²) in [6, 6.07) is 7.42. The van der Waals surface area contributed by atoms with Gasteiger partial charge in [0.25, 0.3) is 11.8 Å². The molecule has 2 aromatic heterocycles. The molecule has 0 radical (unpaired) electrons. The molecule has 0 aliphatic heterocycles. The van der Waals surface area contributed by atoms with E-state index in [1.54, 1.807) is 10.9 Å². The van der Waals surface area contributed by atoms with Crippen LogP contribution in [0.4, 0.5) is 5.00 Å². The predicted octanol–water partition coefficient (Wildman–Crippen LogP) is 1.87. The quantitative estimate of drug-likeness (QED) is 0.615. The molecule has 0 saturated heterocycles. The van der Waals surface area contributed by atoms with Gasteiger partial charge in [-0.25, -0.2) is 4.98 Å². The van der Waals surface area contributed by atoms with E-state index in [4.69, 9.17) is 10.5 Å². The molecule has 1 aliphatic carbocycles. The molecule has 3 aromatic rings. The first-order valence-electron chi connectivity index (χ1n) is 8.82. The number of nitrogens with zero attached hydrogens (tertiary/aromatic N) is 2. The smallest absolute Gasteiger partial charge is 0.326 e. The molecule has 28 heavy (non-hydrogen) atoms. The van der Waals surface area contributed by atoms with Gasteiger partial charge in [0, 0.05) is 4.88 Å². The van der Waals surface area contributed by atoms with Crippen LogP contribution in [-0.4, -0.2) is 33.9 Å². The van der Waals surface area contributed by atoms with Crippen molar-refractivity contribution in [2.75, 3.05) is 11.9 Å². The molecule has 0 atom stereocenters. The standard InChI is InChI=1S/C19H18N4O4S/c20-18(26)17-11-4-3-7-14(11)28-19(17)22-15(24)9-27-16(25)8-23-10-21-12-5-1-2-6-13(12)23/h1-2,5-6,10H,3-4,7-9H2,(H2,20,26)(H,22,24). The number of esters is 1. The predicted molar refractivity (Wildman–Crippen MR) is 104 cm³/mol. The number of para-hydroxylation sites is 2. The normalized spacial score (nSPS) is 12.7. The van der Waals surface area contributed by atoms with Crippen LogP contribution in [0.15, 0.2) is 30.6 Å². The Bertz CT molecular complexity index is 1080. The van der Waals surface area contributed by atoms with Crippen molar-refractivity contribution in [3.8, 4) is 0 Å². The first-order valence-corrected chi connectivity index (χ1v) is 9.64. The fourth-order valence-corrected chi connectivity index (χ4v) is 4.69. The first kappa shape index (κ1) is 18.2. The Labute approximate surface area is 164 Å². The lowest BCUT2D eigenvalue weighted by atomic mass is 10.1. The summed E-state index contributed by atoms with van der Waals surface area (Å²) >= 11 is 1.36. The second-order valence-electron chi connectivity index (χ2n) is 6.50. The van der Waals surface area contributed by atoms with Gasteiger partial charge in [0.05, 0.1) is 22.9 Å². The number of imidazole rings is 1. The number of nitrogens with one attached hydrogen (secondary N) is 1. The summed E-state index contributed by atoms with van der Waals surface area (Å²) < 4.78 is 6.72. The Kier molecular flexibility index (Phi) is 4.82. The van der Waals surface area contributed by atoms with E-state index in [-0.39, 0.29) is 6.54 Å². The molecule has 0 unspecified atom stereocenters. The summed E-state index contributed by atoms with van der Waals surface area (Å²) in [5, 5.41) is 3.08. The highest BCUT2D eigenvalue weighted by Crippen LogP contribution is 2.38. The Morgan fingerprint density at radius 1 is 1.25 bits per heavy atom. The molecule has 0 saturated carbocycles. The number of aromatic nitrogens is 2. The van der Waals surface area contributed by atoms with Crippen LogP contribution in [-0.2, 0) is 33.7 Å². The lowest BCUT2D eigenvalue weighted by molar-refractivity contribution is -0.147. The second-order valence-corrected chi connectivity index (χ2v) is 7.60. The topological polar surface area (TPSA) is 116 Å². The number of nitrogens with two attached hydrogens (primary N) is 1. The monoisotopic (exact) mass is 398 g/mol. The van der Waals surface area contributed by atoms with Gasteiger partial charge in [0.2, 0.25) is 0 Å². The molecule has 8 nitrogen and oxygen atoms in total. The molecule has 144 valence electrons. The number of fused-ring (bicyclic) bond motifs is 2. The number of thiophene rings is 1. The molecule has 2 heterocycles. The number of aryl methyl sites for hydroxylation is 1. The maximum atomic E-state index is 12.2.